The van der Waals surface area contributed by atoms with Crippen LogP contribution in [0.1, 0.15) is 29.3 Å². The molecule has 1 amide bonds. The Hall–Kier alpha value is -3.22. The molecule has 1 heterocycles. The third-order valence-corrected chi connectivity index (χ3v) is 5.39. The third kappa shape index (κ3) is 5.90. The Kier molecular flexibility index (Phi) is 8.15. The monoisotopic (exact) mass is 423 g/mol. The van der Waals surface area contributed by atoms with Crippen LogP contribution >= 0.6 is 0 Å². The van der Waals surface area contributed by atoms with Crippen LogP contribution < -0.4 is 20.3 Å². The number of hydrogen-bond donors (Lipinski definition) is 2. The number of nitrogens with one attached hydrogen (secondary N) is 2. The summed E-state index contributed by atoms with van der Waals surface area (Å²) in [6.07, 6.45) is 0.924. The quantitative estimate of drug-likeness (QED) is 0.529. The summed E-state index contributed by atoms with van der Waals surface area (Å²) in [7, 11) is 3.52. The summed E-state index contributed by atoms with van der Waals surface area (Å²) in [5, 5.41) is 6.37. The number of rotatable bonds is 7. The lowest BCUT2D eigenvalue weighted by Gasteiger charge is -2.38. The highest BCUT2D eigenvalue weighted by atomic mass is 16.5. The van der Waals surface area contributed by atoms with Crippen LogP contribution in [0.4, 0.5) is 5.69 Å². The fourth-order valence-electron chi connectivity index (χ4n) is 3.73. The van der Waals surface area contributed by atoms with Gasteiger partial charge in [0, 0.05) is 51.9 Å². The highest BCUT2D eigenvalue weighted by Crippen LogP contribution is 2.28. The van der Waals surface area contributed by atoms with Crippen LogP contribution in [0.3, 0.4) is 0 Å². The number of para-hydroxylation sites is 2. The van der Waals surface area contributed by atoms with Gasteiger partial charge in [-0.2, -0.15) is 0 Å². The first-order valence-corrected chi connectivity index (χ1v) is 10.9. The number of guanidine groups is 1. The standard InChI is InChI=1S/C24H33N5O2/c1-4-12-26-23(30)20-9-7-8-19(17-20)18-27-24(25-2)29-15-13-28(14-16-29)21-10-5-6-11-22(21)31-3/h5-11,17H,4,12-16,18H2,1-3H3,(H,25,27)(H,26,30). The molecule has 0 spiro atoms. The number of piperazine rings is 1. The van der Waals surface area contributed by atoms with Gasteiger partial charge in [-0.05, 0) is 36.2 Å². The van der Waals surface area contributed by atoms with E-state index in [2.05, 4.69) is 31.5 Å². The van der Waals surface area contributed by atoms with Crippen LogP contribution in [0.2, 0.25) is 0 Å². The molecular weight excluding hydrogens is 390 g/mol. The first kappa shape index (κ1) is 22.5. The number of methoxy groups -OCH3 is 1. The van der Waals surface area contributed by atoms with E-state index in [1.807, 2.05) is 56.4 Å². The Balaban J connectivity index is 1.55. The molecule has 7 heteroatoms. The average molecular weight is 424 g/mol. The van der Waals surface area contributed by atoms with Crippen molar-refractivity contribution in [2.75, 3.05) is 51.8 Å². The van der Waals surface area contributed by atoms with Crippen molar-refractivity contribution in [3.05, 3.63) is 59.7 Å². The molecule has 2 aromatic rings. The maximum atomic E-state index is 12.2. The van der Waals surface area contributed by atoms with E-state index in [1.54, 1.807) is 7.11 Å². The van der Waals surface area contributed by atoms with E-state index >= 15 is 0 Å². The molecule has 0 atom stereocenters. The van der Waals surface area contributed by atoms with Crippen molar-refractivity contribution in [3.63, 3.8) is 0 Å². The van der Waals surface area contributed by atoms with Crippen molar-refractivity contribution in [3.8, 4) is 5.75 Å². The van der Waals surface area contributed by atoms with Gasteiger partial charge in [0.15, 0.2) is 5.96 Å². The van der Waals surface area contributed by atoms with E-state index in [-0.39, 0.29) is 5.91 Å². The molecule has 31 heavy (non-hydrogen) atoms. The molecule has 1 aliphatic heterocycles. The third-order valence-electron chi connectivity index (χ3n) is 5.39. The number of hydrogen-bond acceptors (Lipinski definition) is 4. The van der Waals surface area contributed by atoms with Crippen LogP contribution in [0.5, 0.6) is 5.75 Å². The van der Waals surface area contributed by atoms with Crippen molar-refractivity contribution in [1.29, 1.82) is 0 Å². The normalized spacial score (nSPS) is 14.4. The van der Waals surface area contributed by atoms with Crippen LogP contribution in [-0.4, -0.2) is 63.6 Å². The number of carbonyl (C=O) groups is 1. The molecule has 1 aliphatic rings. The lowest BCUT2D eigenvalue weighted by atomic mass is 10.1. The lowest BCUT2D eigenvalue weighted by Crippen LogP contribution is -2.52. The Morgan fingerprint density at radius 3 is 2.55 bits per heavy atom. The Bertz CT molecular complexity index is 891. The SMILES string of the molecule is CCCNC(=O)c1cccc(CNC(=NC)N2CCN(c3ccccc3OC)CC2)c1. The molecule has 3 rings (SSSR count). The molecular formula is C24H33N5O2. The van der Waals surface area contributed by atoms with Gasteiger partial charge in [0.25, 0.3) is 5.91 Å². The van der Waals surface area contributed by atoms with Crippen LogP contribution in [0.25, 0.3) is 0 Å². The largest absolute Gasteiger partial charge is 0.495 e. The van der Waals surface area contributed by atoms with Crippen LogP contribution in [0.15, 0.2) is 53.5 Å². The highest BCUT2D eigenvalue weighted by molar-refractivity contribution is 5.94. The summed E-state index contributed by atoms with van der Waals surface area (Å²) < 4.78 is 5.51. The Labute approximate surface area is 185 Å². The van der Waals surface area contributed by atoms with Gasteiger partial charge in [0.05, 0.1) is 12.8 Å². The zero-order valence-corrected chi connectivity index (χ0v) is 18.7. The van der Waals surface area contributed by atoms with Crippen LogP contribution in [0, 0.1) is 0 Å². The number of nitrogens with zero attached hydrogens (tertiary/aromatic N) is 3. The van der Waals surface area contributed by atoms with Crippen molar-refractivity contribution >= 4 is 17.6 Å². The summed E-state index contributed by atoms with van der Waals surface area (Å²) >= 11 is 0. The van der Waals surface area contributed by atoms with Crippen molar-refractivity contribution in [2.24, 2.45) is 4.99 Å². The molecule has 166 valence electrons. The van der Waals surface area contributed by atoms with Gasteiger partial charge in [0.1, 0.15) is 5.75 Å². The van der Waals surface area contributed by atoms with Crippen molar-refractivity contribution in [1.82, 2.24) is 15.5 Å². The van der Waals surface area contributed by atoms with E-state index in [0.717, 1.165) is 55.6 Å². The zero-order valence-electron chi connectivity index (χ0n) is 18.7. The number of ether oxygens (including phenoxy) is 1. The van der Waals surface area contributed by atoms with Crippen LogP contribution in [-0.2, 0) is 6.54 Å². The fourth-order valence-corrected chi connectivity index (χ4v) is 3.73. The van der Waals surface area contributed by atoms with Crippen molar-refractivity contribution in [2.45, 2.75) is 19.9 Å². The summed E-state index contributed by atoms with van der Waals surface area (Å²) in [4.78, 5) is 21.3. The molecule has 2 aromatic carbocycles. The number of benzene rings is 2. The summed E-state index contributed by atoms with van der Waals surface area (Å²) in [5.74, 6) is 1.75. The molecule has 0 aliphatic carbocycles. The number of aliphatic imine (C=N–C) groups is 1. The maximum absolute atomic E-state index is 12.2. The first-order chi connectivity index (χ1) is 15.2. The van der Waals surface area contributed by atoms with Gasteiger partial charge in [-0.25, -0.2) is 0 Å². The predicted molar refractivity (Wildman–Crippen MR) is 126 cm³/mol. The minimum atomic E-state index is -0.0273. The van der Waals surface area contributed by atoms with Gasteiger partial charge in [0.2, 0.25) is 0 Å². The van der Waals surface area contributed by atoms with E-state index in [0.29, 0.717) is 18.7 Å². The molecule has 1 fully saturated rings. The highest BCUT2D eigenvalue weighted by Gasteiger charge is 2.21. The second kappa shape index (κ2) is 11.2. The van der Waals surface area contributed by atoms with Gasteiger partial charge in [-0.15, -0.1) is 0 Å². The zero-order chi connectivity index (χ0) is 22.1. The maximum Gasteiger partial charge on any atom is 0.251 e. The molecule has 0 bridgehead atoms. The summed E-state index contributed by atoms with van der Waals surface area (Å²) in [6.45, 7) is 6.89. The minimum Gasteiger partial charge on any atom is -0.495 e. The topological polar surface area (TPSA) is 69.2 Å². The Morgan fingerprint density at radius 1 is 1.06 bits per heavy atom. The molecule has 1 saturated heterocycles. The second-order valence-electron chi connectivity index (χ2n) is 7.50. The molecule has 0 radical (unpaired) electrons. The van der Waals surface area contributed by atoms with E-state index in [1.165, 1.54) is 0 Å². The summed E-state index contributed by atoms with van der Waals surface area (Å²) in [5.41, 5.74) is 2.87. The van der Waals surface area contributed by atoms with Crippen molar-refractivity contribution < 1.29 is 9.53 Å². The first-order valence-electron chi connectivity index (χ1n) is 10.9. The molecule has 0 saturated carbocycles. The Morgan fingerprint density at radius 2 is 1.84 bits per heavy atom. The van der Waals surface area contributed by atoms with E-state index < -0.39 is 0 Å². The average Bonchev–Trinajstić information content (AvgIpc) is 2.83. The smallest absolute Gasteiger partial charge is 0.251 e. The lowest BCUT2D eigenvalue weighted by molar-refractivity contribution is 0.0953. The van der Waals surface area contributed by atoms with E-state index in [4.69, 9.17) is 4.74 Å². The van der Waals surface area contributed by atoms with Gasteiger partial charge in [-0.3, -0.25) is 9.79 Å². The number of amides is 1. The van der Waals surface area contributed by atoms with Gasteiger partial charge < -0.3 is 25.2 Å². The second-order valence-corrected chi connectivity index (χ2v) is 7.50. The summed E-state index contributed by atoms with van der Waals surface area (Å²) in [6, 6.07) is 15.9. The minimum absolute atomic E-state index is 0.0273. The molecule has 0 aromatic heterocycles. The predicted octanol–water partition coefficient (Wildman–Crippen LogP) is 2.73. The molecule has 7 nitrogen and oxygen atoms in total. The number of anilines is 1. The molecule has 2 N–H and O–H groups in total. The van der Waals surface area contributed by atoms with Gasteiger partial charge in [-0.1, -0.05) is 31.2 Å². The van der Waals surface area contributed by atoms with Gasteiger partial charge >= 0.3 is 0 Å². The molecule has 0 unspecified atom stereocenters. The number of carbonyl (C=O) groups excluding carboxylic acids is 1. The van der Waals surface area contributed by atoms with E-state index in [9.17, 15) is 4.79 Å². The fraction of sp³-hybridized carbons (Fsp3) is 0.417.